The van der Waals surface area contributed by atoms with Crippen LogP contribution in [0.2, 0.25) is 0 Å². The second kappa shape index (κ2) is 5.61. The van der Waals surface area contributed by atoms with Crippen molar-refractivity contribution in [2.45, 2.75) is 45.8 Å². The van der Waals surface area contributed by atoms with Crippen molar-refractivity contribution < 1.29 is 14.3 Å². The highest BCUT2D eigenvalue weighted by Crippen LogP contribution is 2.38. The van der Waals surface area contributed by atoms with E-state index in [4.69, 9.17) is 21.7 Å². The zero-order valence-electron chi connectivity index (χ0n) is 12.4. The third-order valence-electron chi connectivity index (χ3n) is 4.07. The van der Waals surface area contributed by atoms with Crippen LogP contribution in [0.5, 0.6) is 0 Å². The number of H-pyrrole nitrogens is 1. The zero-order chi connectivity index (χ0) is 15.0. The lowest BCUT2D eigenvalue weighted by atomic mass is 9.89. The molecule has 0 bridgehead atoms. The molecule has 0 radical (unpaired) electrons. The van der Waals surface area contributed by atoms with Gasteiger partial charge in [-0.15, -0.1) is 0 Å². The molecule has 6 heteroatoms. The Labute approximate surface area is 123 Å². The van der Waals surface area contributed by atoms with Gasteiger partial charge in [0.25, 0.3) is 0 Å². The van der Waals surface area contributed by atoms with Gasteiger partial charge in [-0.05, 0) is 26.7 Å². The highest BCUT2D eigenvalue weighted by molar-refractivity contribution is 7.71. The Morgan fingerprint density at radius 1 is 1.35 bits per heavy atom. The van der Waals surface area contributed by atoms with Gasteiger partial charge in [-0.25, -0.2) is 9.78 Å². The summed E-state index contributed by atoms with van der Waals surface area (Å²) in [5.41, 5.74) is 1.02. The van der Waals surface area contributed by atoms with Crippen LogP contribution < -0.4 is 0 Å². The summed E-state index contributed by atoms with van der Waals surface area (Å²) in [6, 6.07) is 0. The smallest absolute Gasteiger partial charge is 0.342 e. The Hall–Kier alpha value is -1.27. The predicted octanol–water partition coefficient (Wildman–Crippen LogP) is 2.76. The molecule has 110 valence electrons. The maximum Gasteiger partial charge on any atom is 0.342 e. The fourth-order valence-electron chi connectivity index (χ4n) is 2.85. The normalized spacial score (nSPS) is 29.4. The Morgan fingerprint density at radius 2 is 2.00 bits per heavy atom. The van der Waals surface area contributed by atoms with E-state index in [9.17, 15) is 4.79 Å². The molecular formula is C14H20N2O3S. The highest BCUT2D eigenvalue weighted by atomic mass is 32.1. The number of hydrogen-bond acceptors (Lipinski definition) is 5. The number of aryl methyl sites for hydroxylation is 1. The average molecular weight is 296 g/mol. The number of esters is 1. The van der Waals surface area contributed by atoms with Crippen molar-refractivity contribution in [3.8, 4) is 0 Å². The summed E-state index contributed by atoms with van der Waals surface area (Å²) in [5, 5.41) is 0. The third-order valence-corrected chi connectivity index (χ3v) is 4.37. The Kier molecular flexibility index (Phi) is 4.25. The molecule has 5 nitrogen and oxygen atoms in total. The zero-order valence-corrected chi connectivity index (χ0v) is 13.2. The Balaban J connectivity index is 2.46. The Bertz CT molecular complexity index is 584. The molecule has 1 saturated heterocycles. The van der Waals surface area contributed by atoms with Gasteiger partial charge in [0.1, 0.15) is 16.0 Å². The summed E-state index contributed by atoms with van der Waals surface area (Å²) >= 11 is 5.24. The van der Waals surface area contributed by atoms with E-state index in [0.717, 1.165) is 5.82 Å². The molecule has 1 aromatic rings. The van der Waals surface area contributed by atoms with E-state index in [1.807, 2.05) is 13.8 Å². The van der Waals surface area contributed by atoms with Crippen molar-refractivity contribution in [1.82, 2.24) is 9.97 Å². The molecule has 2 rings (SSSR count). The highest BCUT2D eigenvalue weighted by Gasteiger charge is 2.39. The fraction of sp³-hybridized carbons (Fsp3) is 0.643. The van der Waals surface area contributed by atoms with E-state index in [2.05, 4.69) is 23.8 Å². The topological polar surface area (TPSA) is 64.2 Å². The first-order chi connectivity index (χ1) is 9.36. The summed E-state index contributed by atoms with van der Waals surface area (Å²) in [6.07, 6.45) is 0.251. The minimum atomic E-state index is -0.458. The molecule has 4 atom stereocenters. The van der Waals surface area contributed by atoms with Gasteiger partial charge in [0, 0.05) is 11.6 Å². The maximum atomic E-state index is 11.7. The fourth-order valence-corrected chi connectivity index (χ4v) is 3.18. The van der Waals surface area contributed by atoms with Gasteiger partial charge >= 0.3 is 5.97 Å². The third kappa shape index (κ3) is 2.50. The van der Waals surface area contributed by atoms with Crippen molar-refractivity contribution in [2.24, 2.45) is 5.92 Å². The van der Waals surface area contributed by atoms with E-state index in [1.54, 1.807) is 0 Å². The van der Waals surface area contributed by atoms with E-state index >= 15 is 0 Å². The molecule has 1 fully saturated rings. The second-order valence-corrected chi connectivity index (χ2v) is 5.74. The number of hydrogen-bond donors (Lipinski definition) is 1. The first kappa shape index (κ1) is 15.1. The Morgan fingerprint density at radius 3 is 2.45 bits per heavy atom. The predicted molar refractivity (Wildman–Crippen MR) is 77.4 cm³/mol. The molecule has 2 heterocycles. The van der Waals surface area contributed by atoms with Crippen molar-refractivity contribution in [3.63, 3.8) is 0 Å². The number of methoxy groups -OCH3 is 1. The molecule has 0 aliphatic carbocycles. The SMILES string of the molecule is COC(=O)c1c(C)[nH]c(C2C(C)OC(C)C2C)nc1=S. The van der Waals surface area contributed by atoms with Gasteiger partial charge in [0.2, 0.25) is 0 Å². The van der Waals surface area contributed by atoms with Crippen molar-refractivity contribution in [3.05, 3.63) is 21.7 Å². The van der Waals surface area contributed by atoms with Crippen molar-refractivity contribution >= 4 is 18.2 Å². The molecule has 1 aliphatic heterocycles. The molecule has 20 heavy (non-hydrogen) atoms. The first-order valence-corrected chi connectivity index (χ1v) is 7.12. The average Bonchev–Trinajstić information content (AvgIpc) is 2.62. The summed E-state index contributed by atoms with van der Waals surface area (Å²) < 4.78 is 10.8. The van der Waals surface area contributed by atoms with Gasteiger partial charge in [0.05, 0.1) is 19.3 Å². The van der Waals surface area contributed by atoms with Crippen LogP contribution in [0.1, 0.15) is 48.6 Å². The number of aromatic amines is 1. The van der Waals surface area contributed by atoms with Crippen LogP contribution in [0.25, 0.3) is 0 Å². The van der Waals surface area contributed by atoms with Crippen LogP contribution >= 0.6 is 12.2 Å². The van der Waals surface area contributed by atoms with Crippen LogP contribution in [0.15, 0.2) is 0 Å². The molecule has 1 aromatic heterocycles. The van der Waals surface area contributed by atoms with E-state index in [0.29, 0.717) is 17.2 Å². The number of aromatic nitrogens is 2. The van der Waals surface area contributed by atoms with Gasteiger partial charge in [0.15, 0.2) is 0 Å². The summed E-state index contributed by atoms with van der Waals surface area (Å²) in [4.78, 5) is 19.3. The minimum absolute atomic E-state index is 0.0709. The van der Waals surface area contributed by atoms with Gasteiger partial charge in [-0.1, -0.05) is 19.1 Å². The lowest BCUT2D eigenvalue weighted by Gasteiger charge is -2.19. The molecule has 0 saturated carbocycles. The molecular weight excluding hydrogens is 276 g/mol. The first-order valence-electron chi connectivity index (χ1n) is 6.71. The van der Waals surface area contributed by atoms with Crippen LogP contribution in [-0.2, 0) is 9.47 Å². The summed E-state index contributed by atoms with van der Waals surface area (Å²) in [7, 11) is 1.33. The summed E-state index contributed by atoms with van der Waals surface area (Å²) in [6.45, 7) is 8.04. The summed E-state index contributed by atoms with van der Waals surface area (Å²) in [5.74, 6) is 0.813. The second-order valence-electron chi connectivity index (χ2n) is 5.35. The van der Waals surface area contributed by atoms with Crippen LogP contribution in [0, 0.1) is 17.5 Å². The number of rotatable bonds is 2. The molecule has 1 N–H and O–H groups in total. The molecule has 4 unspecified atom stereocenters. The van der Waals surface area contributed by atoms with Crippen molar-refractivity contribution in [2.75, 3.05) is 7.11 Å². The number of nitrogens with one attached hydrogen (secondary N) is 1. The van der Waals surface area contributed by atoms with E-state index in [-0.39, 0.29) is 22.8 Å². The quantitative estimate of drug-likeness (QED) is 0.671. The molecule has 0 aromatic carbocycles. The standard InChI is InChI=1S/C14H20N2O3S/c1-6-8(3)19-9(4)10(6)12-15-7(2)11(13(20)16-12)14(17)18-5/h6,8-10H,1-5H3,(H,15,16,20). The molecule has 0 spiro atoms. The number of ether oxygens (including phenoxy) is 2. The van der Waals surface area contributed by atoms with Crippen LogP contribution in [0.3, 0.4) is 0 Å². The lowest BCUT2D eigenvalue weighted by Crippen LogP contribution is -2.20. The number of nitrogens with zero attached hydrogens (tertiary/aromatic N) is 1. The maximum absolute atomic E-state index is 11.7. The largest absolute Gasteiger partial charge is 0.465 e. The van der Waals surface area contributed by atoms with E-state index in [1.165, 1.54) is 7.11 Å². The lowest BCUT2D eigenvalue weighted by molar-refractivity contribution is 0.0553. The molecule has 0 amide bonds. The monoisotopic (exact) mass is 296 g/mol. The van der Waals surface area contributed by atoms with Gasteiger partial charge in [-0.3, -0.25) is 0 Å². The van der Waals surface area contributed by atoms with E-state index < -0.39 is 5.97 Å². The van der Waals surface area contributed by atoms with Gasteiger partial charge in [-0.2, -0.15) is 0 Å². The minimum Gasteiger partial charge on any atom is -0.465 e. The van der Waals surface area contributed by atoms with Crippen LogP contribution in [-0.4, -0.2) is 35.3 Å². The van der Waals surface area contributed by atoms with Crippen molar-refractivity contribution in [1.29, 1.82) is 0 Å². The molecule has 1 aliphatic rings. The van der Waals surface area contributed by atoms with Gasteiger partial charge < -0.3 is 14.5 Å². The number of carbonyl (C=O) groups excluding carboxylic acids is 1. The van der Waals surface area contributed by atoms with Crippen LogP contribution in [0.4, 0.5) is 0 Å². The number of carbonyl (C=O) groups is 1.